The van der Waals surface area contributed by atoms with Crippen LogP contribution in [0.3, 0.4) is 0 Å². The van der Waals surface area contributed by atoms with Gasteiger partial charge < -0.3 is 19.3 Å². The second kappa shape index (κ2) is 9.08. The third-order valence-electron chi connectivity index (χ3n) is 4.53. The molecule has 3 aromatic rings. The van der Waals surface area contributed by atoms with Crippen molar-refractivity contribution in [2.45, 2.75) is 26.9 Å². The van der Waals surface area contributed by atoms with Crippen LogP contribution in [0.25, 0.3) is 0 Å². The lowest BCUT2D eigenvalue weighted by molar-refractivity contribution is 0.0949. The molecule has 0 radical (unpaired) electrons. The summed E-state index contributed by atoms with van der Waals surface area (Å²) in [5, 5.41) is 6.88. The Bertz CT molecular complexity index is 915. The lowest BCUT2D eigenvalue weighted by Gasteiger charge is -2.13. The Morgan fingerprint density at radius 3 is 2.61 bits per heavy atom. The van der Waals surface area contributed by atoms with Gasteiger partial charge in [-0.3, -0.25) is 4.79 Å². The number of nitrogens with one attached hydrogen (secondary N) is 1. The third-order valence-corrected chi connectivity index (χ3v) is 4.53. The maximum absolute atomic E-state index is 12.7. The van der Waals surface area contributed by atoms with Crippen molar-refractivity contribution in [3.8, 4) is 11.5 Å². The number of rotatable bonds is 8. The van der Waals surface area contributed by atoms with Crippen molar-refractivity contribution in [3.05, 3.63) is 76.7 Å². The number of hydrogen-bond donors (Lipinski definition) is 1. The van der Waals surface area contributed by atoms with Gasteiger partial charge in [0, 0.05) is 12.6 Å². The van der Waals surface area contributed by atoms with E-state index >= 15 is 0 Å². The van der Waals surface area contributed by atoms with Crippen LogP contribution in [0.15, 0.2) is 53.1 Å². The van der Waals surface area contributed by atoms with Crippen LogP contribution >= 0.6 is 0 Å². The van der Waals surface area contributed by atoms with Crippen molar-refractivity contribution < 1.29 is 18.8 Å². The van der Waals surface area contributed by atoms with Crippen molar-refractivity contribution in [1.29, 1.82) is 0 Å². The summed E-state index contributed by atoms with van der Waals surface area (Å²) in [6.07, 6.45) is 0.762. The molecular weight excluding hydrogens is 356 g/mol. The van der Waals surface area contributed by atoms with E-state index in [0.29, 0.717) is 29.4 Å². The number of nitrogens with zero attached hydrogens (tertiary/aromatic N) is 1. The summed E-state index contributed by atoms with van der Waals surface area (Å²) < 4.78 is 16.4. The Morgan fingerprint density at radius 2 is 1.93 bits per heavy atom. The van der Waals surface area contributed by atoms with Gasteiger partial charge >= 0.3 is 0 Å². The van der Waals surface area contributed by atoms with Crippen LogP contribution in [0, 0.1) is 13.8 Å². The highest BCUT2D eigenvalue weighted by molar-refractivity contribution is 5.97. The smallest absolute Gasteiger partial charge is 0.255 e. The summed E-state index contributed by atoms with van der Waals surface area (Å²) in [6, 6.07) is 15.2. The van der Waals surface area contributed by atoms with Gasteiger partial charge in [-0.15, -0.1) is 0 Å². The molecule has 1 amide bonds. The molecule has 0 spiro atoms. The van der Waals surface area contributed by atoms with Crippen LogP contribution in [-0.4, -0.2) is 24.7 Å². The SMILES string of the molecule is COc1ccc(C(=O)NCCc2ccccc2)c(OCc2c(C)noc2C)c1. The molecule has 0 saturated heterocycles. The number of ether oxygens (including phenoxy) is 2. The summed E-state index contributed by atoms with van der Waals surface area (Å²) >= 11 is 0. The first kappa shape index (κ1) is 19.5. The predicted molar refractivity (Wildman–Crippen MR) is 106 cm³/mol. The molecule has 28 heavy (non-hydrogen) atoms. The molecule has 1 N–H and O–H groups in total. The molecule has 146 valence electrons. The van der Waals surface area contributed by atoms with Crippen molar-refractivity contribution >= 4 is 5.91 Å². The van der Waals surface area contributed by atoms with Crippen molar-refractivity contribution in [1.82, 2.24) is 10.5 Å². The molecule has 0 aliphatic heterocycles. The normalized spacial score (nSPS) is 10.5. The van der Waals surface area contributed by atoms with E-state index in [-0.39, 0.29) is 12.5 Å². The Kier molecular flexibility index (Phi) is 6.32. The maximum atomic E-state index is 12.7. The minimum atomic E-state index is -0.188. The molecule has 0 unspecified atom stereocenters. The van der Waals surface area contributed by atoms with Crippen molar-refractivity contribution in [2.75, 3.05) is 13.7 Å². The number of aromatic nitrogens is 1. The molecule has 0 atom stereocenters. The Balaban J connectivity index is 1.69. The molecule has 2 aromatic carbocycles. The largest absolute Gasteiger partial charge is 0.497 e. The van der Waals surface area contributed by atoms with Gasteiger partial charge in [-0.25, -0.2) is 0 Å². The fraction of sp³-hybridized carbons (Fsp3) is 0.273. The van der Waals surface area contributed by atoms with Gasteiger partial charge in [0.2, 0.25) is 0 Å². The van der Waals surface area contributed by atoms with Crippen LogP contribution in [0.2, 0.25) is 0 Å². The second-order valence-electron chi connectivity index (χ2n) is 6.44. The lowest BCUT2D eigenvalue weighted by Crippen LogP contribution is -2.26. The molecule has 3 rings (SSSR count). The molecule has 0 saturated carbocycles. The lowest BCUT2D eigenvalue weighted by atomic mass is 10.1. The zero-order valence-electron chi connectivity index (χ0n) is 16.3. The first-order valence-electron chi connectivity index (χ1n) is 9.13. The second-order valence-corrected chi connectivity index (χ2v) is 6.44. The van der Waals surface area contributed by atoms with E-state index in [9.17, 15) is 4.79 Å². The summed E-state index contributed by atoms with van der Waals surface area (Å²) in [7, 11) is 1.58. The van der Waals surface area contributed by atoms with Crippen LogP contribution in [0.5, 0.6) is 11.5 Å². The van der Waals surface area contributed by atoms with E-state index in [4.69, 9.17) is 14.0 Å². The van der Waals surface area contributed by atoms with E-state index < -0.39 is 0 Å². The Morgan fingerprint density at radius 1 is 1.14 bits per heavy atom. The fourth-order valence-corrected chi connectivity index (χ4v) is 2.85. The highest BCUT2D eigenvalue weighted by Gasteiger charge is 2.16. The van der Waals surface area contributed by atoms with Gasteiger partial charge in [-0.05, 0) is 38.0 Å². The number of amides is 1. The predicted octanol–water partition coefficient (Wildman–Crippen LogP) is 3.85. The summed E-state index contributed by atoms with van der Waals surface area (Å²) in [4.78, 5) is 12.7. The number of carbonyl (C=O) groups excluding carboxylic acids is 1. The van der Waals surface area contributed by atoms with Gasteiger partial charge in [0.25, 0.3) is 5.91 Å². The van der Waals surface area contributed by atoms with E-state index in [1.807, 2.05) is 44.2 Å². The third kappa shape index (κ3) is 4.71. The number of aryl methyl sites for hydroxylation is 2. The zero-order chi connectivity index (χ0) is 19.9. The highest BCUT2D eigenvalue weighted by atomic mass is 16.5. The Hall–Kier alpha value is -3.28. The van der Waals surface area contributed by atoms with Crippen LogP contribution in [0.1, 0.15) is 32.9 Å². The van der Waals surface area contributed by atoms with Gasteiger partial charge in [-0.1, -0.05) is 35.5 Å². The molecule has 0 aliphatic carbocycles. The van der Waals surface area contributed by atoms with E-state index in [1.54, 1.807) is 25.3 Å². The van der Waals surface area contributed by atoms with Gasteiger partial charge in [0.05, 0.1) is 23.9 Å². The van der Waals surface area contributed by atoms with Crippen LogP contribution in [0.4, 0.5) is 0 Å². The molecule has 0 aliphatic rings. The van der Waals surface area contributed by atoms with Gasteiger partial charge in [0.1, 0.15) is 23.9 Å². The molecule has 1 heterocycles. The molecule has 0 bridgehead atoms. The van der Waals surface area contributed by atoms with Gasteiger partial charge in [-0.2, -0.15) is 0 Å². The van der Waals surface area contributed by atoms with Crippen molar-refractivity contribution in [3.63, 3.8) is 0 Å². The summed E-state index contributed by atoms with van der Waals surface area (Å²) in [5.74, 6) is 1.59. The number of carbonyl (C=O) groups is 1. The molecule has 1 aromatic heterocycles. The Labute approximate surface area is 164 Å². The van der Waals surface area contributed by atoms with E-state index in [1.165, 1.54) is 5.56 Å². The molecule has 0 fully saturated rings. The quantitative estimate of drug-likeness (QED) is 0.642. The number of benzene rings is 2. The molecular formula is C22H24N2O4. The minimum absolute atomic E-state index is 0.188. The summed E-state index contributed by atoms with van der Waals surface area (Å²) in [5.41, 5.74) is 3.28. The average molecular weight is 380 g/mol. The van der Waals surface area contributed by atoms with Gasteiger partial charge in [0.15, 0.2) is 0 Å². The van der Waals surface area contributed by atoms with E-state index in [2.05, 4.69) is 10.5 Å². The van der Waals surface area contributed by atoms with Crippen LogP contribution in [-0.2, 0) is 13.0 Å². The first-order valence-corrected chi connectivity index (χ1v) is 9.13. The minimum Gasteiger partial charge on any atom is -0.497 e. The first-order chi connectivity index (χ1) is 13.6. The highest BCUT2D eigenvalue weighted by Crippen LogP contribution is 2.26. The number of hydrogen-bond acceptors (Lipinski definition) is 5. The fourth-order valence-electron chi connectivity index (χ4n) is 2.85. The number of methoxy groups -OCH3 is 1. The average Bonchev–Trinajstić information content (AvgIpc) is 3.04. The zero-order valence-corrected chi connectivity index (χ0v) is 16.3. The molecule has 6 nitrogen and oxygen atoms in total. The van der Waals surface area contributed by atoms with E-state index in [0.717, 1.165) is 17.7 Å². The molecule has 6 heteroatoms. The maximum Gasteiger partial charge on any atom is 0.255 e. The van der Waals surface area contributed by atoms with Crippen molar-refractivity contribution in [2.24, 2.45) is 0 Å². The standard InChI is InChI=1S/C22H24N2O4/c1-15-20(16(2)28-24-15)14-27-21-13-18(26-3)9-10-19(21)22(25)23-12-11-17-7-5-4-6-8-17/h4-10,13H,11-12,14H2,1-3H3,(H,23,25). The summed E-state index contributed by atoms with van der Waals surface area (Å²) in [6.45, 7) is 4.50. The van der Waals surface area contributed by atoms with Crippen LogP contribution < -0.4 is 14.8 Å². The topological polar surface area (TPSA) is 73.6 Å². The monoisotopic (exact) mass is 380 g/mol.